The number of carboxylic acid groups (broad SMARTS) is 1. The SMILES string of the molecule is COc1ccc(/C=C(\C#N)C(=O)O)cc1C. The van der Waals surface area contributed by atoms with Crippen molar-refractivity contribution < 1.29 is 14.6 Å². The van der Waals surface area contributed by atoms with Gasteiger partial charge in [0.2, 0.25) is 0 Å². The number of nitrogens with zero attached hydrogens (tertiary/aromatic N) is 1. The summed E-state index contributed by atoms with van der Waals surface area (Å²) in [6.07, 6.45) is 1.33. The Labute approximate surface area is 93.4 Å². The van der Waals surface area contributed by atoms with E-state index in [-0.39, 0.29) is 5.57 Å². The molecule has 4 nitrogen and oxygen atoms in total. The van der Waals surface area contributed by atoms with E-state index in [4.69, 9.17) is 15.1 Å². The number of aryl methyl sites for hydroxylation is 1. The summed E-state index contributed by atoms with van der Waals surface area (Å²) in [5.41, 5.74) is 1.26. The number of methoxy groups -OCH3 is 1. The third kappa shape index (κ3) is 2.61. The van der Waals surface area contributed by atoms with Crippen molar-refractivity contribution in [3.63, 3.8) is 0 Å². The average molecular weight is 217 g/mol. The van der Waals surface area contributed by atoms with Crippen LogP contribution in [0.4, 0.5) is 0 Å². The van der Waals surface area contributed by atoms with Crippen molar-refractivity contribution in [1.82, 2.24) is 0 Å². The van der Waals surface area contributed by atoms with Gasteiger partial charge in [0.15, 0.2) is 0 Å². The van der Waals surface area contributed by atoms with Crippen molar-refractivity contribution in [2.24, 2.45) is 0 Å². The van der Waals surface area contributed by atoms with Crippen molar-refractivity contribution in [2.75, 3.05) is 7.11 Å². The van der Waals surface area contributed by atoms with Gasteiger partial charge in [-0.15, -0.1) is 0 Å². The maximum atomic E-state index is 10.6. The lowest BCUT2D eigenvalue weighted by Gasteiger charge is -2.04. The van der Waals surface area contributed by atoms with E-state index in [1.54, 1.807) is 31.4 Å². The molecule has 0 aromatic heterocycles. The molecule has 0 bridgehead atoms. The molecule has 0 spiro atoms. The molecule has 0 saturated carbocycles. The second-order valence-electron chi connectivity index (χ2n) is 3.20. The minimum Gasteiger partial charge on any atom is -0.496 e. The molecule has 0 unspecified atom stereocenters. The highest BCUT2D eigenvalue weighted by atomic mass is 16.5. The van der Waals surface area contributed by atoms with E-state index in [2.05, 4.69) is 0 Å². The van der Waals surface area contributed by atoms with Crippen LogP contribution in [0.2, 0.25) is 0 Å². The minimum atomic E-state index is -1.23. The monoisotopic (exact) mass is 217 g/mol. The Morgan fingerprint density at radius 3 is 2.69 bits per heavy atom. The van der Waals surface area contributed by atoms with Crippen LogP contribution in [0, 0.1) is 18.3 Å². The normalized spacial score (nSPS) is 10.7. The van der Waals surface area contributed by atoms with Gasteiger partial charge in [-0.3, -0.25) is 0 Å². The summed E-state index contributed by atoms with van der Waals surface area (Å²) >= 11 is 0. The number of hydrogen-bond acceptors (Lipinski definition) is 3. The van der Waals surface area contributed by atoms with Gasteiger partial charge < -0.3 is 9.84 Å². The molecule has 0 saturated heterocycles. The quantitative estimate of drug-likeness (QED) is 0.621. The highest BCUT2D eigenvalue weighted by Crippen LogP contribution is 2.19. The van der Waals surface area contributed by atoms with Crippen molar-refractivity contribution >= 4 is 12.0 Å². The molecule has 0 atom stereocenters. The fourth-order valence-electron chi connectivity index (χ4n) is 1.30. The molecule has 0 heterocycles. The van der Waals surface area contributed by atoms with E-state index in [0.717, 1.165) is 11.3 Å². The van der Waals surface area contributed by atoms with Crippen LogP contribution in [0.15, 0.2) is 23.8 Å². The fraction of sp³-hybridized carbons (Fsp3) is 0.167. The van der Waals surface area contributed by atoms with Crippen molar-refractivity contribution in [3.05, 3.63) is 34.9 Å². The van der Waals surface area contributed by atoms with E-state index in [9.17, 15) is 4.79 Å². The van der Waals surface area contributed by atoms with Crippen LogP contribution < -0.4 is 4.74 Å². The average Bonchev–Trinajstić information content (AvgIpc) is 2.25. The maximum Gasteiger partial charge on any atom is 0.346 e. The van der Waals surface area contributed by atoms with Gasteiger partial charge in [0.1, 0.15) is 17.4 Å². The molecular formula is C12H11NO3. The molecule has 4 heteroatoms. The van der Waals surface area contributed by atoms with Crippen molar-refractivity contribution in [3.8, 4) is 11.8 Å². The lowest BCUT2D eigenvalue weighted by molar-refractivity contribution is -0.132. The van der Waals surface area contributed by atoms with Gasteiger partial charge in [-0.1, -0.05) is 6.07 Å². The predicted octanol–water partition coefficient (Wildman–Crippen LogP) is 2.00. The number of aliphatic carboxylic acids is 1. The van der Waals surface area contributed by atoms with Crippen molar-refractivity contribution in [2.45, 2.75) is 6.92 Å². The van der Waals surface area contributed by atoms with Crippen LogP contribution in [0.5, 0.6) is 5.75 Å². The van der Waals surface area contributed by atoms with Gasteiger partial charge in [0.25, 0.3) is 0 Å². The first-order valence-corrected chi connectivity index (χ1v) is 4.58. The number of rotatable bonds is 3. The number of carbonyl (C=O) groups is 1. The molecule has 0 aliphatic rings. The molecule has 82 valence electrons. The summed E-state index contributed by atoms with van der Waals surface area (Å²) in [7, 11) is 1.57. The molecule has 1 aromatic carbocycles. The van der Waals surface area contributed by atoms with Gasteiger partial charge in [-0.25, -0.2) is 4.79 Å². The van der Waals surface area contributed by atoms with Crippen molar-refractivity contribution in [1.29, 1.82) is 5.26 Å². The molecule has 1 aromatic rings. The van der Waals surface area contributed by atoms with Crippen LogP contribution in [0.3, 0.4) is 0 Å². The summed E-state index contributed by atoms with van der Waals surface area (Å²) in [6.45, 7) is 1.85. The Bertz CT molecular complexity index is 484. The Morgan fingerprint density at radius 1 is 1.56 bits per heavy atom. The Kier molecular flexibility index (Phi) is 3.67. The lowest BCUT2D eigenvalue weighted by Crippen LogP contribution is -1.97. The second kappa shape index (κ2) is 4.99. The lowest BCUT2D eigenvalue weighted by atomic mass is 10.1. The third-order valence-corrected chi connectivity index (χ3v) is 2.08. The van der Waals surface area contributed by atoms with Crippen LogP contribution in [0.25, 0.3) is 6.08 Å². The van der Waals surface area contributed by atoms with E-state index in [0.29, 0.717) is 5.56 Å². The maximum absolute atomic E-state index is 10.6. The van der Waals surface area contributed by atoms with Gasteiger partial charge in [0.05, 0.1) is 7.11 Å². The van der Waals surface area contributed by atoms with Gasteiger partial charge in [0, 0.05) is 0 Å². The third-order valence-electron chi connectivity index (χ3n) is 2.08. The first-order valence-electron chi connectivity index (χ1n) is 4.58. The molecule has 0 aliphatic heterocycles. The van der Waals surface area contributed by atoms with Gasteiger partial charge in [-0.05, 0) is 36.3 Å². The summed E-state index contributed by atoms with van der Waals surface area (Å²) in [5.74, 6) is -0.498. The molecule has 1 rings (SSSR count). The number of ether oxygens (including phenoxy) is 1. The summed E-state index contributed by atoms with van der Waals surface area (Å²) in [4.78, 5) is 10.6. The largest absolute Gasteiger partial charge is 0.496 e. The Balaban J connectivity index is 3.12. The zero-order chi connectivity index (χ0) is 12.1. The number of benzene rings is 1. The second-order valence-corrected chi connectivity index (χ2v) is 3.20. The molecule has 1 N–H and O–H groups in total. The Morgan fingerprint density at radius 2 is 2.25 bits per heavy atom. The topological polar surface area (TPSA) is 70.3 Å². The van der Waals surface area contributed by atoms with E-state index >= 15 is 0 Å². The number of hydrogen-bond donors (Lipinski definition) is 1. The summed E-state index contributed by atoms with van der Waals surface area (Å²) < 4.78 is 5.08. The molecule has 0 fully saturated rings. The highest BCUT2D eigenvalue weighted by molar-refractivity contribution is 5.96. The Hall–Kier alpha value is -2.28. The standard InChI is InChI=1S/C12H11NO3/c1-8-5-9(3-4-11(8)16-2)6-10(7-13)12(14)15/h3-6H,1-2H3,(H,14,15)/b10-6+. The van der Waals surface area contributed by atoms with E-state index in [1.165, 1.54) is 6.08 Å². The molecule has 0 amide bonds. The zero-order valence-corrected chi connectivity index (χ0v) is 9.02. The number of nitriles is 1. The van der Waals surface area contributed by atoms with E-state index < -0.39 is 5.97 Å². The molecule has 0 aliphatic carbocycles. The smallest absolute Gasteiger partial charge is 0.346 e. The van der Waals surface area contributed by atoms with Crippen LogP contribution in [-0.4, -0.2) is 18.2 Å². The zero-order valence-electron chi connectivity index (χ0n) is 9.02. The van der Waals surface area contributed by atoms with E-state index in [1.807, 2.05) is 6.92 Å². The molecular weight excluding hydrogens is 206 g/mol. The van der Waals surface area contributed by atoms with Gasteiger partial charge in [-0.2, -0.15) is 5.26 Å². The summed E-state index contributed by atoms with van der Waals surface area (Å²) in [5, 5.41) is 17.3. The first kappa shape index (κ1) is 11.8. The molecule has 0 radical (unpaired) electrons. The fourth-order valence-corrected chi connectivity index (χ4v) is 1.30. The first-order chi connectivity index (χ1) is 7.58. The highest BCUT2D eigenvalue weighted by Gasteiger charge is 2.06. The van der Waals surface area contributed by atoms with Crippen LogP contribution >= 0.6 is 0 Å². The van der Waals surface area contributed by atoms with Crippen LogP contribution in [0.1, 0.15) is 11.1 Å². The van der Waals surface area contributed by atoms with Crippen LogP contribution in [-0.2, 0) is 4.79 Å². The molecule has 16 heavy (non-hydrogen) atoms. The van der Waals surface area contributed by atoms with Gasteiger partial charge >= 0.3 is 5.97 Å². The number of carboxylic acids is 1. The predicted molar refractivity (Wildman–Crippen MR) is 59.0 cm³/mol. The minimum absolute atomic E-state index is 0.287. The summed E-state index contributed by atoms with van der Waals surface area (Å²) in [6, 6.07) is 6.83.